The Bertz CT molecular complexity index is 1800. The van der Waals surface area contributed by atoms with E-state index in [4.69, 9.17) is 18.9 Å². The molecule has 0 saturated carbocycles. The number of thiophene rings is 1. The number of hydrogen-bond donors (Lipinski definition) is 0. The highest BCUT2D eigenvalue weighted by Gasteiger charge is 2.35. The van der Waals surface area contributed by atoms with Crippen molar-refractivity contribution in [2.75, 3.05) is 13.7 Å². The molecule has 0 aliphatic carbocycles. The zero-order valence-electron chi connectivity index (χ0n) is 21.9. The highest BCUT2D eigenvalue weighted by molar-refractivity contribution is 7.10. The Morgan fingerprint density at radius 2 is 2.08 bits per heavy atom. The lowest BCUT2D eigenvalue weighted by molar-refractivity contribution is -0.384. The van der Waals surface area contributed by atoms with Crippen LogP contribution >= 0.6 is 22.7 Å². The number of hydrogen-bond acceptors (Lipinski definition) is 10. The van der Waals surface area contributed by atoms with Gasteiger partial charge in [0.15, 0.2) is 4.80 Å². The minimum atomic E-state index is -0.659. The van der Waals surface area contributed by atoms with E-state index in [2.05, 4.69) is 0 Å². The molecule has 1 aliphatic rings. The molecular formula is C28H25N3O7S2. The lowest BCUT2D eigenvalue weighted by Gasteiger charge is -2.24. The molecule has 4 heterocycles. The number of ether oxygens (including phenoxy) is 2. The van der Waals surface area contributed by atoms with Crippen molar-refractivity contribution in [2.45, 2.75) is 32.7 Å². The van der Waals surface area contributed by atoms with Crippen molar-refractivity contribution in [1.82, 2.24) is 4.57 Å². The van der Waals surface area contributed by atoms with E-state index in [0.717, 1.165) is 11.3 Å². The third-order valence-electron chi connectivity index (χ3n) is 6.27. The second-order valence-electron chi connectivity index (χ2n) is 8.77. The Balaban J connectivity index is 1.63. The molecule has 12 heteroatoms. The number of fused-ring (bicyclic) bond motifs is 1. The van der Waals surface area contributed by atoms with Gasteiger partial charge in [-0.05, 0) is 49.1 Å². The number of methoxy groups -OCH3 is 1. The van der Waals surface area contributed by atoms with E-state index in [1.54, 1.807) is 37.3 Å². The van der Waals surface area contributed by atoms with Crippen molar-refractivity contribution < 1.29 is 23.6 Å². The normalized spacial score (nSPS) is 15.1. The molecule has 1 atom stereocenters. The maximum Gasteiger partial charge on any atom is 0.338 e. The van der Waals surface area contributed by atoms with Crippen molar-refractivity contribution in [3.8, 4) is 17.1 Å². The Labute approximate surface area is 236 Å². The van der Waals surface area contributed by atoms with Crippen LogP contribution in [0.2, 0.25) is 0 Å². The van der Waals surface area contributed by atoms with Gasteiger partial charge in [0.1, 0.15) is 23.3 Å². The summed E-state index contributed by atoms with van der Waals surface area (Å²) in [6.45, 7) is 3.95. The van der Waals surface area contributed by atoms with Gasteiger partial charge in [0.25, 0.3) is 11.2 Å². The number of furan rings is 1. The molecule has 0 saturated heterocycles. The van der Waals surface area contributed by atoms with Crippen molar-refractivity contribution in [3.05, 3.63) is 99.6 Å². The number of benzene rings is 1. The summed E-state index contributed by atoms with van der Waals surface area (Å²) in [4.78, 5) is 44.1. The molecule has 0 bridgehead atoms. The number of carbonyl (C=O) groups excluding carboxylic acids is 1. The molecule has 3 aromatic heterocycles. The van der Waals surface area contributed by atoms with E-state index >= 15 is 0 Å². The number of aromatic nitrogens is 1. The summed E-state index contributed by atoms with van der Waals surface area (Å²) in [5.41, 5.74) is 0.780. The molecule has 0 fully saturated rings. The third kappa shape index (κ3) is 5.03. The topological polar surface area (TPSA) is 126 Å². The Kier molecular flexibility index (Phi) is 7.81. The zero-order valence-corrected chi connectivity index (χ0v) is 23.5. The lowest BCUT2D eigenvalue weighted by atomic mass is 9.99. The Morgan fingerprint density at radius 3 is 2.75 bits per heavy atom. The van der Waals surface area contributed by atoms with Gasteiger partial charge in [-0.15, -0.1) is 11.3 Å². The highest BCUT2D eigenvalue weighted by atomic mass is 32.1. The fourth-order valence-electron chi connectivity index (χ4n) is 4.54. The second-order valence-corrected chi connectivity index (χ2v) is 10.8. The van der Waals surface area contributed by atoms with Crippen LogP contribution in [-0.4, -0.2) is 29.2 Å². The molecule has 0 N–H and O–H groups in total. The number of carbonyl (C=O) groups is 1. The van der Waals surface area contributed by atoms with E-state index in [9.17, 15) is 19.7 Å². The van der Waals surface area contributed by atoms with Crippen LogP contribution in [0.5, 0.6) is 5.75 Å². The van der Waals surface area contributed by atoms with Crippen LogP contribution in [0.3, 0.4) is 0 Å². The van der Waals surface area contributed by atoms with Crippen LogP contribution in [0.4, 0.5) is 5.69 Å². The summed E-state index contributed by atoms with van der Waals surface area (Å²) >= 11 is 2.64. The quantitative estimate of drug-likeness (QED) is 0.158. The van der Waals surface area contributed by atoms with E-state index in [-0.39, 0.29) is 29.2 Å². The summed E-state index contributed by atoms with van der Waals surface area (Å²) in [6, 6.07) is 10.9. The summed E-state index contributed by atoms with van der Waals surface area (Å²) in [7, 11) is 1.43. The molecule has 0 unspecified atom stereocenters. The number of esters is 1. The largest absolute Gasteiger partial charge is 0.497 e. The number of thiazole rings is 1. The number of allylic oxidation sites excluding steroid dienone is 1. The summed E-state index contributed by atoms with van der Waals surface area (Å²) in [5, 5.41) is 13.5. The summed E-state index contributed by atoms with van der Waals surface area (Å²) in [6.07, 6.45) is 2.91. The average Bonchev–Trinajstić information content (AvgIpc) is 3.70. The first-order valence-electron chi connectivity index (χ1n) is 12.5. The van der Waals surface area contributed by atoms with Crippen LogP contribution in [0.25, 0.3) is 17.4 Å². The van der Waals surface area contributed by atoms with Crippen LogP contribution in [0.1, 0.15) is 43.4 Å². The van der Waals surface area contributed by atoms with Gasteiger partial charge in [-0.3, -0.25) is 19.5 Å². The van der Waals surface area contributed by atoms with Crippen molar-refractivity contribution in [1.29, 1.82) is 0 Å². The number of nitrogens with zero attached hydrogens (tertiary/aromatic N) is 3. The fraction of sp³-hybridized carbons (Fsp3) is 0.250. The van der Waals surface area contributed by atoms with Gasteiger partial charge in [0, 0.05) is 11.0 Å². The maximum absolute atomic E-state index is 13.8. The lowest BCUT2D eigenvalue weighted by Crippen LogP contribution is -2.39. The van der Waals surface area contributed by atoms with Gasteiger partial charge in [-0.2, -0.15) is 0 Å². The second kappa shape index (κ2) is 11.4. The van der Waals surface area contributed by atoms with Gasteiger partial charge < -0.3 is 13.9 Å². The van der Waals surface area contributed by atoms with Crippen LogP contribution < -0.4 is 19.6 Å². The predicted octanol–water partition coefficient (Wildman–Crippen LogP) is 4.82. The minimum Gasteiger partial charge on any atom is -0.497 e. The van der Waals surface area contributed by atoms with Gasteiger partial charge >= 0.3 is 5.97 Å². The minimum absolute atomic E-state index is 0.162. The SMILES string of the molecule is CCCC1=C(C(=O)OCC)[C@@H](c2cccs2)n2c(s/c(=C\c3ccc(-c4ccc(OC)cc4[N+](=O)[O-])o3)c2=O)=N1. The number of nitro benzene ring substituents is 1. The van der Waals surface area contributed by atoms with Crippen molar-refractivity contribution in [2.24, 2.45) is 4.99 Å². The average molecular weight is 580 g/mol. The maximum atomic E-state index is 13.8. The standard InChI is InChI=1S/C28H25N3O7S2/c1-4-7-19-24(27(33)37-5-2)25(22-8-6-13-39-22)30-26(32)23(40-28(30)29-19)15-17-10-12-21(38-17)18-11-9-16(36-3)14-20(18)31(34)35/h6,8-15,25H,4-5,7H2,1-3H3/b23-15-/t25-/m1/s1. The van der Waals surface area contributed by atoms with E-state index < -0.39 is 16.9 Å². The molecule has 10 nitrogen and oxygen atoms in total. The van der Waals surface area contributed by atoms with E-state index in [1.807, 2.05) is 24.4 Å². The smallest absolute Gasteiger partial charge is 0.338 e. The first-order chi connectivity index (χ1) is 19.4. The zero-order chi connectivity index (χ0) is 28.4. The van der Waals surface area contributed by atoms with Crippen LogP contribution in [0, 0.1) is 10.1 Å². The van der Waals surface area contributed by atoms with Crippen LogP contribution in [-0.2, 0) is 9.53 Å². The molecular weight excluding hydrogens is 554 g/mol. The molecule has 0 amide bonds. The van der Waals surface area contributed by atoms with Gasteiger partial charge in [0.2, 0.25) is 0 Å². The molecule has 0 spiro atoms. The van der Waals surface area contributed by atoms with Crippen LogP contribution in [0.15, 0.2) is 73.3 Å². The van der Waals surface area contributed by atoms with Crippen molar-refractivity contribution in [3.63, 3.8) is 0 Å². The summed E-state index contributed by atoms with van der Waals surface area (Å²) < 4.78 is 18.3. The first-order valence-corrected chi connectivity index (χ1v) is 14.2. The molecule has 40 heavy (non-hydrogen) atoms. The van der Waals surface area contributed by atoms with Gasteiger partial charge in [0.05, 0.1) is 46.1 Å². The molecule has 1 aliphatic heterocycles. The van der Waals surface area contributed by atoms with Crippen molar-refractivity contribution >= 4 is 40.4 Å². The molecule has 4 aromatic rings. The van der Waals surface area contributed by atoms with E-state index in [1.165, 1.54) is 40.4 Å². The predicted molar refractivity (Wildman–Crippen MR) is 151 cm³/mol. The van der Waals surface area contributed by atoms with Gasteiger partial charge in [-0.25, -0.2) is 9.79 Å². The molecule has 206 valence electrons. The Hall–Kier alpha value is -4.29. The monoisotopic (exact) mass is 579 g/mol. The summed E-state index contributed by atoms with van der Waals surface area (Å²) in [5.74, 6) is 0.489. The van der Waals surface area contributed by atoms with E-state index in [0.29, 0.717) is 38.5 Å². The first kappa shape index (κ1) is 27.3. The molecule has 5 rings (SSSR count). The third-order valence-corrected chi connectivity index (χ3v) is 8.18. The molecule has 1 aromatic carbocycles. The van der Waals surface area contributed by atoms with Gasteiger partial charge in [-0.1, -0.05) is 30.7 Å². The number of nitro groups is 1. The Morgan fingerprint density at radius 1 is 1.25 bits per heavy atom. The fourth-order valence-corrected chi connectivity index (χ4v) is 6.36. The molecule has 0 radical (unpaired) electrons. The highest BCUT2D eigenvalue weighted by Crippen LogP contribution is 2.36. The number of rotatable bonds is 9.